The summed E-state index contributed by atoms with van der Waals surface area (Å²) < 4.78 is 13.3. The van der Waals surface area contributed by atoms with E-state index in [2.05, 4.69) is 11.8 Å². The number of hydrogen-bond acceptors (Lipinski definition) is 3. The van der Waals surface area contributed by atoms with Gasteiger partial charge in [0.15, 0.2) is 5.12 Å². The Morgan fingerprint density at radius 1 is 1.53 bits per heavy atom. The minimum absolute atomic E-state index is 0.0458. The number of rotatable bonds is 2. The first-order chi connectivity index (χ1) is 8.13. The second-order valence-electron chi connectivity index (χ2n) is 3.20. The molecule has 1 rings (SSSR count). The Labute approximate surface area is 104 Å². The number of nitriles is 1. The summed E-state index contributed by atoms with van der Waals surface area (Å²) in [7, 11) is 0. The average Bonchev–Trinajstić information content (AvgIpc) is 2.30. The maximum atomic E-state index is 13.3. The normalized spacial score (nSPS) is 9.00. The van der Waals surface area contributed by atoms with Gasteiger partial charge in [0.25, 0.3) is 0 Å². The Kier molecular flexibility index (Phi) is 5.26. The number of halogens is 1. The predicted molar refractivity (Wildman–Crippen MR) is 65.7 cm³/mol. The lowest BCUT2D eigenvalue weighted by Gasteiger charge is -1.94. The molecule has 1 aromatic rings. The summed E-state index contributed by atoms with van der Waals surface area (Å²) in [4.78, 5) is 10.6. The highest BCUT2D eigenvalue weighted by molar-refractivity contribution is 8.13. The van der Waals surface area contributed by atoms with Gasteiger partial charge in [-0.25, -0.2) is 4.39 Å². The number of nitrogens with zero attached hydrogens (tertiary/aromatic N) is 1. The summed E-state index contributed by atoms with van der Waals surface area (Å²) in [5, 5.41) is 8.71. The van der Waals surface area contributed by atoms with E-state index in [1.165, 1.54) is 36.9 Å². The van der Waals surface area contributed by atoms with Crippen LogP contribution in [0, 0.1) is 29.0 Å². The van der Waals surface area contributed by atoms with Gasteiger partial charge < -0.3 is 0 Å². The molecule has 0 fully saturated rings. The van der Waals surface area contributed by atoms with Crippen LogP contribution in [0.2, 0.25) is 0 Å². The molecule has 0 amide bonds. The van der Waals surface area contributed by atoms with Gasteiger partial charge in [-0.2, -0.15) is 5.26 Å². The smallest absolute Gasteiger partial charge is 0.185 e. The van der Waals surface area contributed by atoms with Gasteiger partial charge >= 0.3 is 0 Å². The summed E-state index contributed by atoms with van der Waals surface area (Å²) >= 11 is 1.19. The third-order valence-corrected chi connectivity index (χ3v) is 2.67. The van der Waals surface area contributed by atoms with Crippen molar-refractivity contribution in [3.63, 3.8) is 0 Å². The fraction of sp³-hybridized carbons (Fsp3) is 0.231. The Balaban J connectivity index is 2.65. The van der Waals surface area contributed by atoms with Gasteiger partial charge in [0, 0.05) is 19.1 Å². The van der Waals surface area contributed by atoms with Gasteiger partial charge in [0.05, 0.1) is 17.2 Å². The van der Waals surface area contributed by atoms with Crippen LogP contribution >= 0.6 is 11.8 Å². The fourth-order valence-electron chi connectivity index (χ4n) is 1.09. The van der Waals surface area contributed by atoms with Crippen LogP contribution in [0.1, 0.15) is 24.5 Å². The van der Waals surface area contributed by atoms with E-state index < -0.39 is 5.82 Å². The van der Waals surface area contributed by atoms with Gasteiger partial charge in [0.2, 0.25) is 0 Å². The van der Waals surface area contributed by atoms with Crippen LogP contribution in [-0.4, -0.2) is 10.9 Å². The summed E-state index contributed by atoms with van der Waals surface area (Å²) in [5.41, 5.74) is 0.602. The Bertz CT molecular complexity index is 522. The molecule has 0 aliphatic carbocycles. The van der Waals surface area contributed by atoms with Crippen LogP contribution in [0.3, 0.4) is 0 Å². The van der Waals surface area contributed by atoms with Gasteiger partial charge in [-0.3, -0.25) is 4.79 Å². The van der Waals surface area contributed by atoms with Crippen molar-refractivity contribution in [1.82, 2.24) is 0 Å². The molecular formula is C13H10FNOS. The molecule has 0 aromatic heterocycles. The highest BCUT2D eigenvalue weighted by atomic mass is 32.2. The molecule has 0 aliphatic rings. The quantitative estimate of drug-likeness (QED) is 0.596. The lowest BCUT2D eigenvalue weighted by atomic mass is 10.1. The van der Waals surface area contributed by atoms with Crippen molar-refractivity contribution in [3.05, 3.63) is 35.1 Å². The third kappa shape index (κ3) is 4.72. The Morgan fingerprint density at radius 2 is 2.29 bits per heavy atom. The van der Waals surface area contributed by atoms with Crippen LogP contribution in [0.25, 0.3) is 0 Å². The molecule has 0 unspecified atom stereocenters. The maximum Gasteiger partial charge on any atom is 0.185 e. The predicted octanol–water partition coefficient (Wildman–Crippen LogP) is 2.72. The second kappa shape index (κ2) is 6.73. The number of benzene rings is 1. The van der Waals surface area contributed by atoms with Gasteiger partial charge in [0.1, 0.15) is 5.82 Å². The van der Waals surface area contributed by atoms with Gasteiger partial charge in [-0.05, 0) is 18.2 Å². The second-order valence-corrected chi connectivity index (χ2v) is 4.47. The lowest BCUT2D eigenvalue weighted by Crippen LogP contribution is -1.86. The lowest BCUT2D eigenvalue weighted by molar-refractivity contribution is -0.109. The number of hydrogen-bond donors (Lipinski definition) is 0. The molecule has 0 aliphatic heterocycles. The minimum Gasteiger partial charge on any atom is -0.288 e. The molecule has 0 N–H and O–H groups in total. The molecule has 86 valence electrons. The number of carbonyl (C=O) groups is 1. The van der Waals surface area contributed by atoms with Crippen LogP contribution in [0.5, 0.6) is 0 Å². The van der Waals surface area contributed by atoms with Crippen molar-refractivity contribution in [3.8, 4) is 17.9 Å². The topological polar surface area (TPSA) is 40.9 Å². The van der Waals surface area contributed by atoms with E-state index in [0.717, 1.165) is 0 Å². The standard InChI is InChI=1S/C13H10FNOS/c1-10(16)17-7-3-2-4-12-8-11(9-15)5-6-13(12)14/h5-6,8H,3,7H2,1H3. The van der Waals surface area contributed by atoms with E-state index in [1.54, 1.807) is 0 Å². The zero-order chi connectivity index (χ0) is 12.7. The molecule has 17 heavy (non-hydrogen) atoms. The zero-order valence-electron chi connectivity index (χ0n) is 9.29. The van der Waals surface area contributed by atoms with E-state index in [1.807, 2.05) is 6.07 Å². The molecule has 0 saturated heterocycles. The van der Waals surface area contributed by atoms with Crippen molar-refractivity contribution < 1.29 is 9.18 Å². The molecule has 0 radical (unpaired) electrons. The van der Waals surface area contributed by atoms with Crippen molar-refractivity contribution in [1.29, 1.82) is 5.26 Å². The summed E-state index contributed by atoms with van der Waals surface area (Å²) in [5.74, 6) is 5.60. The molecule has 0 atom stereocenters. The van der Waals surface area contributed by atoms with Crippen LogP contribution in [0.4, 0.5) is 4.39 Å². The average molecular weight is 247 g/mol. The van der Waals surface area contributed by atoms with Crippen molar-refractivity contribution >= 4 is 16.9 Å². The molecular weight excluding hydrogens is 237 g/mol. The first-order valence-corrected chi connectivity index (χ1v) is 5.94. The first-order valence-electron chi connectivity index (χ1n) is 4.95. The molecule has 2 nitrogen and oxygen atoms in total. The Morgan fingerprint density at radius 3 is 2.94 bits per heavy atom. The van der Waals surface area contributed by atoms with Crippen molar-refractivity contribution in [2.75, 3.05) is 5.75 Å². The molecule has 0 heterocycles. The zero-order valence-corrected chi connectivity index (χ0v) is 10.1. The van der Waals surface area contributed by atoms with E-state index in [-0.39, 0.29) is 10.7 Å². The molecule has 1 aromatic carbocycles. The maximum absolute atomic E-state index is 13.3. The minimum atomic E-state index is -0.435. The third-order valence-electron chi connectivity index (χ3n) is 1.85. The molecule has 0 spiro atoms. The summed E-state index contributed by atoms with van der Waals surface area (Å²) in [6.45, 7) is 1.49. The number of thioether (sulfide) groups is 1. The van der Waals surface area contributed by atoms with E-state index in [9.17, 15) is 9.18 Å². The van der Waals surface area contributed by atoms with Crippen molar-refractivity contribution in [2.45, 2.75) is 13.3 Å². The van der Waals surface area contributed by atoms with E-state index >= 15 is 0 Å². The first kappa shape index (κ1) is 13.3. The molecule has 0 bridgehead atoms. The molecule has 4 heteroatoms. The fourth-order valence-corrected chi connectivity index (χ4v) is 1.59. The van der Waals surface area contributed by atoms with Crippen LogP contribution < -0.4 is 0 Å². The molecule has 0 saturated carbocycles. The number of carbonyl (C=O) groups excluding carboxylic acids is 1. The SMILES string of the molecule is CC(=O)SCCC#Cc1cc(C#N)ccc1F. The van der Waals surface area contributed by atoms with E-state index in [4.69, 9.17) is 5.26 Å². The van der Waals surface area contributed by atoms with Gasteiger partial charge in [-0.15, -0.1) is 0 Å². The van der Waals surface area contributed by atoms with Crippen molar-refractivity contribution in [2.24, 2.45) is 0 Å². The summed E-state index contributed by atoms with van der Waals surface area (Å²) in [6, 6.07) is 5.98. The highest BCUT2D eigenvalue weighted by Crippen LogP contribution is 2.09. The van der Waals surface area contributed by atoms with Gasteiger partial charge in [-0.1, -0.05) is 23.6 Å². The summed E-state index contributed by atoms with van der Waals surface area (Å²) in [6.07, 6.45) is 0.514. The van der Waals surface area contributed by atoms with Crippen LogP contribution in [-0.2, 0) is 4.79 Å². The van der Waals surface area contributed by atoms with Crippen LogP contribution in [0.15, 0.2) is 18.2 Å². The highest BCUT2D eigenvalue weighted by Gasteiger charge is 2.00. The Hall–Kier alpha value is -1.78. The van der Waals surface area contributed by atoms with E-state index in [0.29, 0.717) is 17.7 Å². The largest absolute Gasteiger partial charge is 0.288 e. The monoisotopic (exact) mass is 247 g/mol.